The topological polar surface area (TPSA) is 49.8 Å². The average Bonchev–Trinajstić information content (AvgIpc) is 2.68. The van der Waals surface area contributed by atoms with Crippen molar-refractivity contribution in [2.24, 2.45) is 0 Å². The molecule has 0 atom stereocenters. The molecule has 154 valence electrons. The van der Waals surface area contributed by atoms with Crippen LogP contribution in [0.5, 0.6) is 5.75 Å². The second-order valence-corrected chi connectivity index (χ2v) is 7.35. The van der Waals surface area contributed by atoms with Gasteiger partial charge in [-0.25, -0.2) is 4.79 Å². The summed E-state index contributed by atoms with van der Waals surface area (Å²) in [7, 11) is 0. The summed E-state index contributed by atoms with van der Waals surface area (Å²) in [5.74, 6) is -0.157. The minimum atomic E-state index is -0.314. The Balaban J connectivity index is 2.21. The van der Waals surface area contributed by atoms with Crippen LogP contribution in [0.3, 0.4) is 0 Å². The van der Waals surface area contributed by atoms with Crippen molar-refractivity contribution in [1.82, 2.24) is 4.90 Å². The van der Waals surface area contributed by atoms with Crippen LogP contribution in [0.4, 0.5) is 0 Å². The van der Waals surface area contributed by atoms with Crippen LogP contribution in [-0.4, -0.2) is 42.2 Å². The maximum atomic E-state index is 11.9. The number of ether oxygens (including phenoxy) is 1. The Morgan fingerprint density at radius 3 is 1.85 bits per heavy atom. The summed E-state index contributed by atoms with van der Waals surface area (Å²) in [6, 6.07) is 6.19. The minimum absolute atomic E-state index is 0.157. The van der Waals surface area contributed by atoms with E-state index in [4.69, 9.17) is 4.74 Å². The van der Waals surface area contributed by atoms with Crippen LogP contribution in [0, 0.1) is 0 Å². The van der Waals surface area contributed by atoms with Crippen molar-refractivity contribution in [2.75, 3.05) is 26.2 Å². The highest BCUT2D eigenvalue weighted by Crippen LogP contribution is 2.11. The van der Waals surface area contributed by atoms with Gasteiger partial charge < -0.3 is 14.7 Å². The molecule has 1 aromatic carbocycles. The summed E-state index contributed by atoms with van der Waals surface area (Å²) >= 11 is 0. The number of benzene rings is 1. The zero-order chi connectivity index (χ0) is 19.7. The zero-order valence-electron chi connectivity index (χ0n) is 17.4. The van der Waals surface area contributed by atoms with Crippen LogP contribution in [0.1, 0.15) is 88.4 Å². The quantitative estimate of drug-likeness (QED) is 0.292. The zero-order valence-corrected chi connectivity index (χ0v) is 17.4. The molecule has 0 heterocycles. The highest BCUT2D eigenvalue weighted by molar-refractivity contribution is 5.89. The molecule has 1 N–H and O–H groups in total. The van der Waals surface area contributed by atoms with Gasteiger partial charge in [-0.3, -0.25) is 0 Å². The van der Waals surface area contributed by atoms with E-state index in [0.29, 0.717) is 12.2 Å². The first kappa shape index (κ1) is 23.5. The molecule has 1 aromatic rings. The van der Waals surface area contributed by atoms with Gasteiger partial charge >= 0.3 is 5.97 Å². The molecule has 1 rings (SSSR count). The van der Waals surface area contributed by atoms with Crippen LogP contribution in [0.15, 0.2) is 24.3 Å². The van der Waals surface area contributed by atoms with Gasteiger partial charge in [-0.15, -0.1) is 0 Å². The maximum absolute atomic E-state index is 11.9. The average molecular weight is 378 g/mol. The molecule has 0 saturated heterocycles. The van der Waals surface area contributed by atoms with Crippen LogP contribution < -0.4 is 0 Å². The molecule has 0 radical (unpaired) electrons. The van der Waals surface area contributed by atoms with Crippen molar-refractivity contribution in [3.8, 4) is 5.75 Å². The van der Waals surface area contributed by atoms with Gasteiger partial charge in [-0.2, -0.15) is 0 Å². The summed E-state index contributed by atoms with van der Waals surface area (Å²) in [5, 5.41) is 9.26. The SMILES string of the molecule is CCCCCCN(CCCCCC)CCCCOC(=O)c1ccc(O)cc1. The molecule has 0 saturated carbocycles. The molecule has 0 unspecified atom stereocenters. The third-order valence-electron chi connectivity index (χ3n) is 4.86. The van der Waals surface area contributed by atoms with Crippen molar-refractivity contribution in [3.63, 3.8) is 0 Å². The molecule has 0 aliphatic carbocycles. The van der Waals surface area contributed by atoms with E-state index >= 15 is 0 Å². The number of aromatic hydroxyl groups is 1. The molecule has 0 fully saturated rings. The normalized spacial score (nSPS) is 11.1. The molecule has 0 aliphatic heterocycles. The van der Waals surface area contributed by atoms with Gasteiger partial charge in [0, 0.05) is 0 Å². The van der Waals surface area contributed by atoms with Crippen LogP contribution in [0.2, 0.25) is 0 Å². The summed E-state index contributed by atoms with van der Waals surface area (Å²) in [6.07, 6.45) is 12.4. The number of carbonyl (C=O) groups excluding carboxylic acids is 1. The van der Waals surface area contributed by atoms with Crippen molar-refractivity contribution < 1.29 is 14.6 Å². The predicted molar refractivity (Wildman–Crippen MR) is 112 cm³/mol. The second kappa shape index (κ2) is 15.5. The van der Waals surface area contributed by atoms with Crippen molar-refractivity contribution in [2.45, 2.75) is 78.1 Å². The molecule has 0 amide bonds. The van der Waals surface area contributed by atoms with E-state index < -0.39 is 0 Å². The van der Waals surface area contributed by atoms with Crippen LogP contribution >= 0.6 is 0 Å². The monoisotopic (exact) mass is 377 g/mol. The Morgan fingerprint density at radius 2 is 1.33 bits per heavy atom. The first-order valence-corrected chi connectivity index (χ1v) is 10.9. The lowest BCUT2D eigenvalue weighted by Gasteiger charge is -2.22. The van der Waals surface area contributed by atoms with E-state index in [9.17, 15) is 9.90 Å². The largest absolute Gasteiger partial charge is 0.508 e. The van der Waals surface area contributed by atoms with Gasteiger partial charge in [0.05, 0.1) is 12.2 Å². The lowest BCUT2D eigenvalue weighted by atomic mass is 10.1. The van der Waals surface area contributed by atoms with E-state index in [-0.39, 0.29) is 11.7 Å². The molecule has 0 bridgehead atoms. The summed E-state index contributed by atoms with van der Waals surface area (Å²) < 4.78 is 5.34. The number of nitrogens with zero attached hydrogens (tertiary/aromatic N) is 1. The first-order chi connectivity index (χ1) is 13.2. The lowest BCUT2D eigenvalue weighted by molar-refractivity contribution is 0.0495. The number of esters is 1. The van der Waals surface area contributed by atoms with Gasteiger partial charge in [0.15, 0.2) is 0 Å². The van der Waals surface area contributed by atoms with E-state index in [2.05, 4.69) is 18.7 Å². The van der Waals surface area contributed by atoms with Crippen molar-refractivity contribution >= 4 is 5.97 Å². The smallest absolute Gasteiger partial charge is 0.338 e. The van der Waals surface area contributed by atoms with Crippen LogP contribution in [0.25, 0.3) is 0 Å². The maximum Gasteiger partial charge on any atom is 0.338 e. The Morgan fingerprint density at radius 1 is 0.815 bits per heavy atom. The third-order valence-corrected chi connectivity index (χ3v) is 4.86. The summed E-state index contributed by atoms with van der Waals surface area (Å²) in [5.41, 5.74) is 0.487. The Bertz CT molecular complexity index is 475. The third kappa shape index (κ3) is 11.7. The fourth-order valence-electron chi connectivity index (χ4n) is 3.14. The number of phenolic OH excluding ortho intramolecular Hbond substituents is 1. The van der Waals surface area contributed by atoms with E-state index in [0.717, 1.165) is 19.4 Å². The highest BCUT2D eigenvalue weighted by Gasteiger charge is 2.08. The number of hydrogen-bond acceptors (Lipinski definition) is 4. The van der Waals surface area contributed by atoms with Crippen molar-refractivity contribution in [1.29, 1.82) is 0 Å². The van der Waals surface area contributed by atoms with Gasteiger partial charge in [-0.05, 0) is 69.6 Å². The number of rotatable bonds is 16. The highest BCUT2D eigenvalue weighted by atomic mass is 16.5. The summed E-state index contributed by atoms with van der Waals surface area (Å²) in [4.78, 5) is 14.5. The standard InChI is InChI=1S/C23H39NO3/c1-3-5-7-9-17-24(18-10-8-6-4-2)19-11-12-20-27-23(26)21-13-15-22(25)16-14-21/h13-16,25H,3-12,17-20H2,1-2H3. The fourth-order valence-corrected chi connectivity index (χ4v) is 3.14. The van der Waals surface area contributed by atoms with E-state index in [1.165, 1.54) is 76.6 Å². The lowest BCUT2D eigenvalue weighted by Crippen LogP contribution is -2.27. The Kier molecular flexibility index (Phi) is 13.5. The molecule has 4 heteroatoms. The van der Waals surface area contributed by atoms with Crippen LogP contribution in [-0.2, 0) is 4.74 Å². The van der Waals surface area contributed by atoms with Gasteiger partial charge in [0.1, 0.15) is 5.75 Å². The van der Waals surface area contributed by atoms with Crippen molar-refractivity contribution in [3.05, 3.63) is 29.8 Å². The fraction of sp³-hybridized carbons (Fsp3) is 0.696. The molecule has 0 spiro atoms. The molecule has 0 aliphatic rings. The summed E-state index contributed by atoms with van der Waals surface area (Å²) in [6.45, 7) is 8.44. The molecule has 0 aromatic heterocycles. The molecular formula is C23H39NO3. The number of hydrogen-bond donors (Lipinski definition) is 1. The van der Waals surface area contributed by atoms with Gasteiger partial charge in [0.25, 0.3) is 0 Å². The molecule has 4 nitrogen and oxygen atoms in total. The second-order valence-electron chi connectivity index (χ2n) is 7.35. The van der Waals surface area contributed by atoms with Gasteiger partial charge in [-0.1, -0.05) is 52.4 Å². The molecular weight excluding hydrogens is 338 g/mol. The number of phenols is 1. The van der Waals surface area contributed by atoms with Gasteiger partial charge in [0.2, 0.25) is 0 Å². The Hall–Kier alpha value is -1.55. The molecule has 27 heavy (non-hydrogen) atoms. The predicted octanol–water partition coefficient (Wildman–Crippen LogP) is 5.79. The Labute approximate surface area is 165 Å². The number of carbonyl (C=O) groups is 1. The van der Waals surface area contributed by atoms with E-state index in [1.54, 1.807) is 12.1 Å². The first-order valence-electron chi connectivity index (χ1n) is 10.9. The minimum Gasteiger partial charge on any atom is -0.508 e. The van der Waals surface area contributed by atoms with E-state index in [1.807, 2.05) is 0 Å². The number of unbranched alkanes of at least 4 members (excludes halogenated alkanes) is 7.